The van der Waals surface area contributed by atoms with Crippen LogP contribution in [0.3, 0.4) is 0 Å². The first-order valence-electron chi connectivity index (χ1n) is 11.4. The van der Waals surface area contributed by atoms with Gasteiger partial charge in [-0.2, -0.15) is 4.31 Å². The third kappa shape index (κ3) is 4.27. The van der Waals surface area contributed by atoms with Crippen LogP contribution in [0.25, 0.3) is 6.08 Å². The summed E-state index contributed by atoms with van der Waals surface area (Å²) >= 11 is 0. The Bertz CT molecular complexity index is 1200. The highest BCUT2D eigenvalue weighted by atomic mass is 32.2. The maximum absolute atomic E-state index is 13.1. The molecule has 0 bridgehead atoms. The van der Waals surface area contributed by atoms with E-state index in [4.69, 9.17) is 9.47 Å². The number of amides is 1. The van der Waals surface area contributed by atoms with Crippen LogP contribution >= 0.6 is 0 Å². The molecule has 1 aliphatic carbocycles. The number of nitrogens with zero attached hydrogens (tertiary/aromatic N) is 3. The van der Waals surface area contributed by atoms with Gasteiger partial charge in [0, 0.05) is 55.8 Å². The molecule has 0 radical (unpaired) electrons. The van der Waals surface area contributed by atoms with Crippen LogP contribution < -0.4 is 9.47 Å². The van der Waals surface area contributed by atoms with Crippen LogP contribution in [0.5, 0.6) is 11.5 Å². The van der Waals surface area contributed by atoms with E-state index in [1.54, 1.807) is 23.1 Å². The van der Waals surface area contributed by atoms with Crippen LogP contribution in [0.2, 0.25) is 0 Å². The average Bonchev–Trinajstić information content (AvgIpc) is 3.62. The fourth-order valence-corrected chi connectivity index (χ4v) is 6.05. The van der Waals surface area contributed by atoms with Gasteiger partial charge < -0.3 is 18.9 Å². The zero-order valence-corrected chi connectivity index (χ0v) is 19.8. The van der Waals surface area contributed by atoms with Crippen molar-refractivity contribution in [1.82, 2.24) is 13.8 Å². The molecule has 176 valence electrons. The minimum Gasteiger partial charge on any atom is -0.486 e. The molecule has 0 spiro atoms. The molecular weight excluding hydrogens is 442 g/mol. The second kappa shape index (κ2) is 8.53. The number of ether oxygens (including phenoxy) is 2. The Morgan fingerprint density at radius 2 is 1.70 bits per heavy atom. The molecule has 1 saturated heterocycles. The lowest BCUT2D eigenvalue weighted by molar-refractivity contribution is -0.127. The first-order chi connectivity index (χ1) is 15.8. The Hall–Kier alpha value is -2.78. The highest BCUT2D eigenvalue weighted by Crippen LogP contribution is 2.38. The minimum atomic E-state index is -3.67. The zero-order valence-electron chi connectivity index (χ0n) is 19.0. The van der Waals surface area contributed by atoms with Crippen molar-refractivity contribution < 1.29 is 22.7 Å². The number of hydrogen-bond donors (Lipinski definition) is 0. The predicted octanol–water partition coefficient (Wildman–Crippen LogP) is 2.76. The molecule has 1 amide bonds. The van der Waals surface area contributed by atoms with E-state index in [0.29, 0.717) is 43.8 Å². The normalized spacial score (nSPS) is 19.3. The molecule has 0 unspecified atom stereocenters. The predicted molar refractivity (Wildman–Crippen MR) is 124 cm³/mol. The van der Waals surface area contributed by atoms with Gasteiger partial charge in [0.25, 0.3) is 0 Å². The second-order valence-electron chi connectivity index (χ2n) is 8.80. The fraction of sp³-hybridized carbons (Fsp3) is 0.458. The summed E-state index contributed by atoms with van der Waals surface area (Å²) in [7, 11) is -3.67. The molecule has 8 nitrogen and oxygen atoms in total. The number of carbonyl (C=O) groups is 1. The third-order valence-corrected chi connectivity index (χ3v) is 8.44. The van der Waals surface area contributed by atoms with Gasteiger partial charge in [0.05, 0.1) is 4.90 Å². The van der Waals surface area contributed by atoms with Crippen LogP contribution in [-0.2, 0) is 14.8 Å². The van der Waals surface area contributed by atoms with Gasteiger partial charge in [-0.1, -0.05) is 0 Å². The Morgan fingerprint density at radius 3 is 2.39 bits per heavy atom. The molecule has 1 aromatic carbocycles. The molecule has 2 aromatic rings. The lowest BCUT2D eigenvalue weighted by Crippen LogP contribution is -2.50. The summed E-state index contributed by atoms with van der Waals surface area (Å²) in [6, 6.07) is 7.41. The first kappa shape index (κ1) is 22.0. The number of rotatable bonds is 5. The summed E-state index contributed by atoms with van der Waals surface area (Å²) in [5.41, 5.74) is 3.47. The number of carbonyl (C=O) groups excluding carboxylic acids is 1. The number of sulfonamides is 1. The molecule has 3 aliphatic rings. The van der Waals surface area contributed by atoms with Crippen molar-refractivity contribution in [2.24, 2.45) is 0 Å². The van der Waals surface area contributed by atoms with E-state index in [9.17, 15) is 13.2 Å². The smallest absolute Gasteiger partial charge is 0.246 e. The largest absolute Gasteiger partial charge is 0.486 e. The Balaban J connectivity index is 1.22. The summed E-state index contributed by atoms with van der Waals surface area (Å²) in [5, 5.41) is 0. The number of piperazine rings is 1. The van der Waals surface area contributed by atoms with Crippen LogP contribution in [-0.4, -0.2) is 67.5 Å². The molecule has 33 heavy (non-hydrogen) atoms. The Morgan fingerprint density at radius 1 is 1.00 bits per heavy atom. The van der Waals surface area contributed by atoms with Gasteiger partial charge in [0.15, 0.2) is 11.5 Å². The third-order valence-electron chi connectivity index (χ3n) is 6.54. The van der Waals surface area contributed by atoms with Crippen molar-refractivity contribution in [1.29, 1.82) is 0 Å². The van der Waals surface area contributed by atoms with Gasteiger partial charge in [-0.3, -0.25) is 4.79 Å². The van der Waals surface area contributed by atoms with Gasteiger partial charge in [0.1, 0.15) is 13.2 Å². The molecule has 1 aromatic heterocycles. The average molecular weight is 472 g/mol. The van der Waals surface area contributed by atoms with Crippen molar-refractivity contribution in [2.45, 2.75) is 37.6 Å². The summed E-state index contributed by atoms with van der Waals surface area (Å²) in [6.45, 7) is 6.27. The van der Waals surface area contributed by atoms with Gasteiger partial charge in [-0.15, -0.1) is 0 Å². The van der Waals surface area contributed by atoms with E-state index in [-0.39, 0.29) is 23.9 Å². The summed E-state index contributed by atoms with van der Waals surface area (Å²) < 4.78 is 41.0. The first-order valence-corrected chi connectivity index (χ1v) is 12.8. The standard InChI is InChI=1S/C24H29N3O5S/c1-17-15-19(18(2)27(17)20-4-5-20)3-8-24(28)25-9-11-26(12-10-25)33(29,30)21-6-7-22-23(16-21)32-14-13-31-22/h3,6-8,15-16,20H,4-5,9-14H2,1-2H3. The molecule has 1 saturated carbocycles. The maximum atomic E-state index is 13.1. The molecular formula is C24H29N3O5S. The van der Waals surface area contributed by atoms with E-state index in [2.05, 4.69) is 24.5 Å². The van der Waals surface area contributed by atoms with E-state index in [1.807, 2.05) is 6.08 Å². The summed E-state index contributed by atoms with van der Waals surface area (Å²) in [5.74, 6) is 0.908. The van der Waals surface area contributed by atoms with Crippen LogP contribution in [0.4, 0.5) is 0 Å². The van der Waals surface area contributed by atoms with Crippen molar-refractivity contribution in [3.8, 4) is 11.5 Å². The second-order valence-corrected chi connectivity index (χ2v) is 10.7. The van der Waals surface area contributed by atoms with Gasteiger partial charge in [-0.25, -0.2) is 8.42 Å². The number of fused-ring (bicyclic) bond motifs is 1. The van der Waals surface area contributed by atoms with Crippen molar-refractivity contribution in [3.63, 3.8) is 0 Å². The van der Waals surface area contributed by atoms with Gasteiger partial charge in [-0.05, 0) is 56.5 Å². The van der Waals surface area contributed by atoms with E-state index < -0.39 is 10.0 Å². The highest BCUT2D eigenvalue weighted by molar-refractivity contribution is 7.89. The monoisotopic (exact) mass is 471 g/mol. The molecule has 0 atom stereocenters. The van der Waals surface area contributed by atoms with Crippen molar-refractivity contribution in [3.05, 3.63) is 47.3 Å². The Labute approximate surface area is 194 Å². The van der Waals surface area contributed by atoms with Crippen LogP contribution in [0.1, 0.15) is 35.8 Å². The topological polar surface area (TPSA) is 81.1 Å². The number of benzene rings is 1. The fourth-order valence-electron chi connectivity index (χ4n) is 4.61. The SMILES string of the molecule is Cc1cc(C=CC(=O)N2CCN(S(=O)(=O)c3ccc4c(c3)OCCO4)CC2)c(C)n1C1CC1. The summed E-state index contributed by atoms with van der Waals surface area (Å²) in [6.07, 6.45) is 5.92. The van der Waals surface area contributed by atoms with Crippen molar-refractivity contribution >= 4 is 22.0 Å². The molecule has 3 heterocycles. The number of aromatic nitrogens is 1. The molecule has 2 fully saturated rings. The quantitative estimate of drug-likeness (QED) is 0.627. The molecule has 0 N–H and O–H groups in total. The minimum absolute atomic E-state index is 0.0948. The van der Waals surface area contributed by atoms with Gasteiger partial charge in [0.2, 0.25) is 15.9 Å². The zero-order chi connectivity index (χ0) is 23.2. The molecule has 9 heteroatoms. The van der Waals surface area contributed by atoms with E-state index in [1.165, 1.54) is 34.6 Å². The van der Waals surface area contributed by atoms with E-state index in [0.717, 1.165) is 5.56 Å². The highest BCUT2D eigenvalue weighted by Gasteiger charge is 2.31. The van der Waals surface area contributed by atoms with Crippen LogP contribution in [0.15, 0.2) is 35.2 Å². The van der Waals surface area contributed by atoms with E-state index >= 15 is 0 Å². The lowest BCUT2D eigenvalue weighted by atomic mass is 10.2. The molecule has 5 rings (SSSR count). The number of hydrogen-bond acceptors (Lipinski definition) is 5. The maximum Gasteiger partial charge on any atom is 0.246 e. The Kier molecular flexibility index (Phi) is 5.70. The van der Waals surface area contributed by atoms with Crippen LogP contribution in [0, 0.1) is 13.8 Å². The molecule has 2 aliphatic heterocycles. The van der Waals surface area contributed by atoms with Crippen molar-refractivity contribution in [2.75, 3.05) is 39.4 Å². The van der Waals surface area contributed by atoms with Gasteiger partial charge >= 0.3 is 0 Å². The number of aryl methyl sites for hydroxylation is 1. The lowest BCUT2D eigenvalue weighted by Gasteiger charge is -2.33. The summed E-state index contributed by atoms with van der Waals surface area (Å²) in [4.78, 5) is 14.6.